The zero-order valence-corrected chi connectivity index (χ0v) is 21.3. The van der Waals surface area contributed by atoms with Gasteiger partial charge in [-0.2, -0.15) is 28.1 Å². The Morgan fingerprint density at radius 2 is 1.71 bits per heavy atom. The number of sulfonamides is 1. The van der Waals surface area contributed by atoms with E-state index in [9.17, 15) is 26.0 Å². The van der Waals surface area contributed by atoms with Crippen molar-refractivity contribution in [1.29, 1.82) is 0 Å². The van der Waals surface area contributed by atoms with E-state index in [1.165, 1.54) is 16.4 Å². The minimum atomic E-state index is -4.61. The van der Waals surface area contributed by atoms with Crippen LogP contribution in [-0.4, -0.2) is 59.6 Å². The van der Waals surface area contributed by atoms with Crippen LogP contribution >= 0.6 is 11.6 Å². The summed E-state index contributed by atoms with van der Waals surface area (Å²) in [6.45, 7) is -1.13. The zero-order chi connectivity index (χ0) is 27.3. The molecule has 0 unspecified atom stereocenters. The first-order valence-electron chi connectivity index (χ1n) is 11.4. The van der Waals surface area contributed by atoms with E-state index in [0.717, 1.165) is 6.07 Å². The zero-order valence-electron chi connectivity index (χ0n) is 19.8. The van der Waals surface area contributed by atoms with Crippen LogP contribution in [0.2, 0.25) is 5.02 Å². The van der Waals surface area contributed by atoms with E-state index < -0.39 is 34.6 Å². The predicted octanol–water partition coefficient (Wildman–Crippen LogP) is 4.76. The summed E-state index contributed by atoms with van der Waals surface area (Å²) in [5.41, 5.74) is 0.971. The first-order valence-corrected chi connectivity index (χ1v) is 13.4. The van der Waals surface area contributed by atoms with Gasteiger partial charge in [-0.15, -0.1) is 0 Å². The molecule has 204 valence electrons. The highest BCUT2D eigenvalue weighted by Crippen LogP contribution is 2.25. The Labute approximate surface area is 221 Å². The molecule has 2 aromatic carbocycles. The fraction of sp³-hybridized carbons (Fsp3) is 0.348. The third kappa shape index (κ3) is 7.88. The van der Waals surface area contributed by atoms with E-state index in [-0.39, 0.29) is 47.5 Å². The maximum Gasteiger partial charge on any atom is 0.422 e. The molecule has 0 aliphatic carbocycles. The maximum absolute atomic E-state index is 13.5. The summed E-state index contributed by atoms with van der Waals surface area (Å²) in [5, 5.41) is 5.57. The average Bonchev–Trinajstić information content (AvgIpc) is 2.85. The molecule has 9 nitrogen and oxygen atoms in total. The summed E-state index contributed by atoms with van der Waals surface area (Å²) in [7, 11) is -3.52. The van der Waals surface area contributed by atoms with E-state index >= 15 is 0 Å². The fourth-order valence-electron chi connectivity index (χ4n) is 3.73. The summed E-state index contributed by atoms with van der Waals surface area (Å²) in [6, 6.07) is 11.7. The first-order chi connectivity index (χ1) is 18.0. The van der Waals surface area contributed by atoms with Crippen LogP contribution in [0.1, 0.15) is 18.4 Å². The summed E-state index contributed by atoms with van der Waals surface area (Å²) >= 11 is 5.78. The molecular weight excluding hydrogens is 552 g/mol. The molecular formula is C23H23ClF4N6O3S. The molecule has 0 radical (unpaired) electrons. The molecule has 1 aromatic heterocycles. The smallest absolute Gasteiger partial charge is 0.422 e. The number of nitrogens with zero attached hydrogens (tertiary/aromatic N) is 4. The van der Waals surface area contributed by atoms with Gasteiger partial charge in [-0.25, -0.2) is 17.1 Å². The fourth-order valence-corrected chi connectivity index (χ4v) is 5.47. The third-order valence-electron chi connectivity index (χ3n) is 5.53. The molecule has 0 bridgehead atoms. The molecule has 2 heterocycles. The highest BCUT2D eigenvalue weighted by molar-refractivity contribution is 7.88. The second kappa shape index (κ2) is 11.7. The topological polar surface area (TPSA) is 109 Å². The molecule has 0 amide bonds. The standard InChI is InChI=1S/C23H23ClF4N6O3S/c24-18-12-17(6-7-19(18)25)30-21-31-20(32-22(33-21)37-14-23(26,27)28)29-16-8-10-34(11-9-16)38(35,36)13-15-4-2-1-3-5-15/h1-7,12,16H,8-11,13-14H2,(H2,29,30,31,32,33). The number of nitrogens with one attached hydrogen (secondary N) is 2. The van der Waals surface area contributed by atoms with Crippen molar-refractivity contribution in [2.75, 3.05) is 30.3 Å². The molecule has 38 heavy (non-hydrogen) atoms. The van der Waals surface area contributed by atoms with Crippen LogP contribution in [0.25, 0.3) is 0 Å². The highest BCUT2D eigenvalue weighted by Gasteiger charge is 2.30. The summed E-state index contributed by atoms with van der Waals surface area (Å²) in [5.74, 6) is -0.993. The lowest BCUT2D eigenvalue weighted by molar-refractivity contribution is -0.154. The van der Waals surface area contributed by atoms with Gasteiger partial charge in [0.15, 0.2) is 6.61 Å². The van der Waals surface area contributed by atoms with Gasteiger partial charge in [-0.1, -0.05) is 41.9 Å². The summed E-state index contributed by atoms with van der Waals surface area (Å²) in [6.07, 6.45) is -3.79. The van der Waals surface area contributed by atoms with Gasteiger partial charge < -0.3 is 15.4 Å². The molecule has 2 N–H and O–H groups in total. The molecule has 4 rings (SSSR count). The Morgan fingerprint density at radius 3 is 2.37 bits per heavy atom. The lowest BCUT2D eigenvalue weighted by atomic mass is 10.1. The van der Waals surface area contributed by atoms with Crippen molar-refractivity contribution in [2.45, 2.75) is 30.8 Å². The minimum Gasteiger partial charge on any atom is -0.454 e. The maximum atomic E-state index is 13.5. The number of alkyl halides is 3. The number of ether oxygens (including phenoxy) is 1. The van der Waals surface area contributed by atoms with Gasteiger partial charge in [0.1, 0.15) is 5.82 Å². The van der Waals surface area contributed by atoms with E-state index in [1.54, 1.807) is 24.3 Å². The first kappa shape index (κ1) is 27.8. The van der Waals surface area contributed by atoms with Gasteiger partial charge in [-0.3, -0.25) is 0 Å². The normalized spacial score (nSPS) is 15.3. The van der Waals surface area contributed by atoms with Crippen molar-refractivity contribution >= 4 is 39.2 Å². The Kier molecular flexibility index (Phi) is 8.53. The number of anilines is 3. The van der Waals surface area contributed by atoms with Crippen LogP contribution in [-0.2, 0) is 15.8 Å². The molecule has 3 aromatic rings. The van der Waals surface area contributed by atoms with Crippen LogP contribution in [0.3, 0.4) is 0 Å². The van der Waals surface area contributed by atoms with Crippen LogP contribution in [0.5, 0.6) is 6.01 Å². The van der Waals surface area contributed by atoms with Crippen LogP contribution in [0.4, 0.5) is 35.1 Å². The number of benzene rings is 2. The molecule has 1 aliphatic heterocycles. The number of halogens is 5. The number of hydrogen-bond acceptors (Lipinski definition) is 8. The quantitative estimate of drug-likeness (QED) is 0.352. The summed E-state index contributed by atoms with van der Waals surface area (Å²) in [4.78, 5) is 11.9. The number of rotatable bonds is 9. The molecule has 0 spiro atoms. The van der Waals surface area contributed by atoms with Gasteiger partial charge >= 0.3 is 12.2 Å². The van der Waals surface area contributed by atoms with Crippen molar-refractivity contribution < 1.29 is 30.7 Å². The minimum absolute atomic E-state index is 0.0709. The van der Waals surface area contributed by atoms with E-state index in [1.807, 2.05) is 6.07 Å². The van der Waals surface area contributed by atoms with Gasteiger partial charge in [0.25, 0.3) is 0 Å². The lowest BCUT2D eigenvalue weighted by Gasteiger charge is -2.31. The van der Waals surface area contributed by atoms with Crippen molar-refractivity contribution in [1.82, 2.24) is 19.3 Å². The molecule has 1 saturated heterocycles. The van der Waals surface area contributed by atoms with Crippen molar-refractivity contribution in [3.63, 3.8) is 0 Å². The predicted molar refractivity (Wildman–Crippen MR) is 133 cm³/mol. The molecule has 1 fully saturated rings. The van der Waals surface area contributed by atoms with Crippen LogP contribution in [0, 0.1) is 5.82 Å². The monoisotopic (exact) mass is 574 g/mol. The lowest BCUT2D eigenvalue weighted by Crippen LogP contribution is -2.43. The Balaban J connectivity index is 1.44. The molecule has 1 aliphatic rings. The van der Waals surface area contributed by atoms with Crippen molar-refractivity contribution in [2.24, 2.45) is 0 Å². The Morgan fingerprint density at radius 1 is 1.03 bits per heavy atom. The highest BCUT2D eigenvalue weighted by atomic mass is 35.5. The van der Waals surface area contributed by atoms with E-state index in [0.29, 0.717) is 18.4 Å². The Hall–Kier alpha value is -3.23. The third-order valence-corrected chi connectivity index (χ3v) is 7.67. The van der Waals surface area contributed by atoms with Crippen molar-refractivity contribution in [3.8, 4) is 6.01 Å². The number of piperidine rings is 1. The van der Waals surface area contributed by atoms with Crippen LogP contribution in [0.15, 0.2) is 48.5 Å². The second-order valence-electron chi connectivity index (χ2n) is 8.48. The SMILES string of the molecule is O=S(=O)(Cc1ccccc1)N1CCC(Nc2nc(Nc3ccc(F)c(Cl)c3)nc(OCC(F)(F)F)n2)CC1. The summed E-state index contributed by atoms with van der Waals surface area (Å²) < 4.78 is 83.2. The van der Waals surface area contributed by atoms with Gasteiger partial charge in [0, 0.05) is 24.8 Å². The molecule has 15 heteroatoms. The van der Waals surface area contributed by atoms with Gasteiger partial charge in [-0.05, 0) is 36.6 Å². The Bertz CT molecular complexity index is 1360. The second-order valence-corrected chi connectivity index (χ2v) is 10.9. The van der Waals surface area contributed by atoms with Crippen molar-refractivity contribution in [3.05, 3.63) is 64.9 Å². The molecule has 0 atom stereocenters. The molecule has 0 saturated carbocycles. The van der Waals surface area contributed by atoms with Gasteiger partial charge in [0.2, 0.25) is 21.9 Å². The largest absolute Gasteiger partial charge is 0.454 e. The number of hydrogen-bond donors (Lipinski definition) is 2. The van der Waals surface area contributed by atoms with Gasteiger partial charge in [0.05, 0.1) is 10.8 Å². The van der Waals surface area contributed by atoms with E-state index in [2.05, 4.69) is 25.6 Å². The number of aromatic nitrogens is 3. The van der Waals surface area contributed by atoms with Crippen LogP contribution < -0.4 is 15.4 Å². The van der Waals surface area contributed by atoms with E-state index in [4.69, 9.17) is 16.3 Å². The average molecular weight is 575 g/mol.